The van der Waals surface area contributed by atoms with Gasteiger partial charge in [0.05, 0.1) is 0 Å². The van der Waals surface area contributed by atoms with Gasteiger partial charge in [0.25, 0.3) is 0 Å². The molecule has 1 fully saturated rings. The molecule has 1 aliphatic carbocycles. The van der Waals surface area contributed by atoms with Crippen molar-refractivity contribution in [1.29, 1.82) is 0 Å². The van der Waals surface area contributed by atoms with E-state index in [0.29, 0.717) is 5.54 Å². The average molecular weight is 289 g/mol. The average Bonchev–Trinajstić information content (AvgIpc) is 2.16. The van der Waals surface area contributed by atoms with E-state index in [0.717, 1.165) is 23.5 Å². The third-order valence-electron chi connectivity index (χ3n) is 3.79. The molecule has 0 spiro atoms. The maximum absolute atomic E-state index is 3.86. The van der Waals surface area contributed by atoms with Gasteiger partial charge >= 0.3 is 0 Å². The molecule has 94 valence electrons. The van der Waals surface area contributed by atoms with E-state index in [1.54, 1.807) is 0 Å². The summed E-state index contributed by atoms with van der Waals surface area (Å²) >= 11 is 3.40. The lowest BCUT2D eigenvalue weighted by molar-refractivity contribution is 0.0762. The normalized spacial score (nSPS) is 30.7. The molecule has 0 saturated heterocycles. The minimum Gasteiger partial charge on any atom is -0.310 e. The third-order valence-corrected chi connectivity index (χ3v) is 4.07. The van der Waals surface area contributed by atoms with E-state index in [4.69, 9.17) is 0 Å². The summed E-state index contributed by atoms with van der Waals surface area (Å²) in [5.41, 5.74) is 0.347. The molecule has 0 aromatic carbocycles. The quantitative estimate of drug-likeness (QED) is 0.837. The van der Waals surface area contributed by atoms with Crippen LogP contribution in [0.15, 0.2) is 11.1 Å². The second-order valence-corrected chi connectivity index (χ2v) is 6.56. The Morgan fingerprint density at radius 3 is 2.75 bits per heavy atom. The molecule has 1 aliphatic rings. The van der Waals surface area contributed by atoms with Crippen molar-refractivity contribution in [3.63, 3.8) is 0 Å². The molecule has 1 rings (SSSR count). The summed E-state index contributed by atoms with van der Waals surface area (Å²) in [6.45, 7) is 8.17. The van der Waals surface area contributed by atoms with Crippen LogP contribution in [0.3, 0.4) is 0 Å². The van der Waals surface area contributed by atoms with Gasteiger partial charge < -0.3 is 10.2 Å². The minimum atomic E-state index is 0.347. The largest absolute Gasteiger partial charge is 0.310 e. The Morgan fingerprint density at radius 2 is 2.25 bits per heavy atom. The smallest absolute Gasteiger partial charge is 0.0330 e. The first kappa shape index (κ1) is 14.2. The Bertz CT molecular complexity index is 240. The van der Waals surface area contributed by atoms with Crippen LogP contribution in [-0.4, -0.2) is 37.6 Å². The number of halogens is 1. The molecule has 0 aromatic heterocycles. The van der Waals surface area contributed by atoms with E-state index in [1.165, 1.54) is 25.7 Å². The number of hydrogen-bond acceptors (Lipinski definition) is 2. The van der Waals surface area contributed by atoms with Crippen LogP contribution in [0, 0.1) is 5.92 Å². The Labute approximate surface area is 109 Å². The molecule has 0 heterocycles. The van der Waals surface area contributed by atoms with Gasteiger partial charge in [-0.15, -0.1) is 0 Å². The van der Waals surface area contributed by atoms with Crippen LogP contribution in [0.25, 0.3) is 0 Å². The first-order valence-corrected chi connectivity index (χ1v) is 6.97. The van der Waals surface area contributed by atoms with Crippen molar-refractivity contribution >= 4 is 15.9 Å². The number of likely N-dealkylation sites (N-methyl/N-ethyl adjacent to an activating group) is 1. The molecule has 3 heteroatoms. The molecule has 0 aromatic rings. The lowest BCUT2D eigenvalue weighted by Crippen LogP contribution is -2.54. The summed E-state index contributed by atoms with van der Waals surface area (Å²) in [6.07, 6.45) is 5.37. The highest BCUT2D eigenvalue weighted by molar-refractivity contribution is 9.11. The Balaban J connectivity index is 2.54. The van der Waals surface area contributed by atoms with Crippen molar-refractivity contribution < 1.29 is 0 Å². The zero-order valence-electron chi connectivity index (χ0n) is 10.9. The van der Waals surface area contributed by atoms with Gasteiger partial charge in [0.2, 0.25) is 0 Å². The maximum Gasteiger partial charge on any atom is 0.0330 e. The molecular weight excluding hydrogens is 264 g/mol. The van der Waals surface area contributed by atoms with Gasteiger partial charge in [-0.2, -0.15) is 0 Å². The van der Waals surface area contributed by atoms with E-state index in [9.17, 15) is 0 Å². The fraction of sp³-hybridized carbons (Fsp3) is 0.846. The maximum atomic E-state index is 3.86. The summed E-state index contributed by atoms with van der Waals surface area (Å²) in [6, 6.07) is 0. The summed E-state index contributed by atoms with van der Waals surface area (Å²) in [4.78, 5) is 2.41. The molecule has 0 bridgehead atoms. The summed E-state index contributed by atoms with van der Waals surface area (Å²) < 4.78 is 1.03. The summed E-state index contributed by atoms with van der Waals surface area (Å²) in [5, 5.41) is 3.51. The molecule has 0 aliphatic heterocycles. The van der Waals surface area contributed by atoms with Crippen LogP contribution < -0.4 is 5.32 Å². The molecule has 2 atom stereocenters. The fourth-order valence-electron chi connectivity index (χ4n) is 2.79. The fourth-order valence-corrected chi connectivity index (χ4v) is 2.99. The van der Waals surface area contributed by atoms with Crippen molar-refractivity contribution in [2.24, 2.45) is 5.92 Å². The zero-order chi connectivity index (χ0) is 12.2. The van der Waals surface area contributed by atoms with Crippen molar-refractivity contribution in [1.82, 2.24) is 10.2 Å². The predicted molar refractivity (Wildman–Crippen MR) is 75.0 cm³/mol. The van der Waals surface area contributed by atoms with E-state index >= 15 is 0 Å². The van der Waals surface area contributed by atoms with Gasteiger partial charge in [0, 0.05) is 23.1 Å². The Morgan fingerprint density at radius 1 is 1.56 bits per heavy atom. The van der Waals surface area contributed by atoms with Gasteiger partial charge in [-0.05, 0) is 32.9 Å². The summed E-state index contributed by atoms with van der Waals surface area (Å²) in [5.74, 6) is 0.852. The molecule has 0 radical (unpaired) electrons. The second kappa shape index (κ2) is 6.18. The van der Waals surface area contributed by atoms with E-state index in [1.807, 2.05) is 0 Å². The lowest BCUT2D eigenvalue weighted by atomic mass is 9.75. The minimum absolute atomic E-state index is 0.347. The number of hydrogen-bond donors (Lipinski definition) is 1. The summed E-state index contributed by atoms with van der Waals surface area (Å²) in [7, 11) is 4.42. The number of nitrogens with zero attached hydrogens (tertiary/aromatic N) is 1. The van der Waals surface area contributed by atoms with E-state index < -0.39 is 0 Å². The van der Waals surface area contributed by atoms with Crippen molar-refractivity contribution in [2.75, 3.05) is 27.2 Å². The highest BCUT2D eigenvalue weighted by Gasteiger charge is 2.36. The van der Waals surface area contributed by atoms with Gasteiger partial charge in [0.15, 0.2) is 0 Å². The third kappa shape index (κ3) is 3.86. The van der Waals surface area contributed by atoms with Crippen LogP contribution in [0.4, 0.5) is 0 Å². The molecular formula is C13H25BrN2. The lowest BCUT2D eigenvalue weighted by Gasteiger charge is -2.45. The van der Waals surface area contributed by atoms with E-state index in [2.05, 4.69) is 53.7 Å². The monoisotopic (exact) mass is 288 g/mol. The number of nitrogens with one attached hydrogen (secondary N) is 1. The van der Waals surface area contributed by atoms with Crippen LogP contribution in [0.5, 0.6) is 0 Å². The van der Waals surface area contributed by atoms with Gasteiger partial charge in [-0.1, -0.05) is 42.3 Å². The molecule has 2 unspecified atom stereocenters. The SMILES string of the molecule is C=C(Br)CNCC1(N(C)C)CCCC(C)C1. The van der Waals surface area contributed by atoms with E-state index in [-0.39, 0.29) is 0 Å². The topological polar surface area (TPSA) is 15.3 Å². The first-order valence-electron chi connectivity index (χ1n) is 6.18. The first-order chi connectivity index (χ1) is 7.46. The van der Waals surface area contributed by atoms with Crippen LogP contribution in [0.2, 0.25) is 0 Å². The Hall–Kier alpha value is 0.140. The predicted octanol–water partition coefficient (Wildman–Crippen LogP) is 3.00. The van der Waals surface area contributed by atoms with Crippen molar-refractivity contribution in [3.8, 4) is 0 Å². The van der Waals surface area contributed by atoms with Crippen LogP contribution in [-0.2, 0) is 0 Å². The van der Waals surface area contributed by atoms with Gasteiger partial charge in [-0.25, -0.2) is 0 Å². The van der Waals surface area contributed by atoms with Gasteiger partial charge in [0.1, 0.15) is 0 Å². The molecule has 1 N–H and O–H groups in total. The van der Waals surface area contributed by atoms with Crippen LogP contribution >= 0.6 is 15.9 Å². The molecule has 16 heavy (non-hydrogen) atoms. The molecule has 0 amide bonds. The molecule has 2 nitrogen and oxygen atoms in total. The second-order valence-electron chi connectivity index (χ2n) is 5.44. The van der Waals surface area contributed by atoms with Crippen LogP contribution in [0.1, 0.15) is 32.6 Å². The number of rotatable bonds is 5. The van der Waals surface area contributed by atoms with Gasteiger partial charge in [-0.3, -0.25) is 0 Å². The highest BCUT2D eigenvalue weighted by Crippen LogP contribution is 2.35. The van der Waals surface area contributed by atoms with Crippen molar-refractivity contribution in [3.05, 3.63) is 11.1 Å². The Kier molecular flexibility index (Phi) is 5.48. The standard InChI is InChI=1S/C13H25BrN2/c1-11-6-5-7-13(8-11,16(3)4)10-15-9-12(2)14/h11,15H,2,5-10H2,1,3-4H3. The highest BCUT2D eigenvalue weighted by atomic mass is 79.9. The molecule has 1 saturated carbocycles. The van der Waals surface area contributed by atoms with Crippen molar-refractivity contribution in [2.45, 2.75) is 38.1 Å². The zero-order valence-corrected chi connectivity index (χ0v) is 12.4.